The number of anilines is 2. The highest BCUT2D eigenvalue weighted by atomic mass is 32.2. The van der Waals surface area contributed by atoms with Gasteiger partial charge in [-0.1, -0.05) is 23.9 Å². The van der Waals surface area contributed by atoms with Crippen molar-refractivity contribution >= 4 is 40.0 Å². The first-order valence-electron chi connectivity index (χ1n) is 10.8. The van der Waals surface area contributed by atoms with Gasteiger partial charge in [0.25, 0.3) is 0 Å². The van der Waals surface area contributed by atoms with E-state index in [9.17, 15) is 4.79 Å². The fourth-order valence-electron chi connectivity index (χ4n) is 3.87. The second-order valence-electron chi connectivity index (χ2n) is 7.64. The van der Waals surface area contributed by atoms with Crippen molar-refractivity contribution in [2.45, 2.75) is 26.1 Å². The van der Waals surface area contributed by atoms with Crippen LogP contribution in [0.1, 0.15) is 13.8 Å². The molecular weight excluding hydrogens is 440 g/mol. The largest absolute Gasteiger partial charge is 0.495 e. The molecule has 0 bridgehead atoms. The molecule has 1 fully saturated rings. The van der Waals surface area contributed by atoms with E-state index < -0.39 is 0 Å². The van der Waals surface area contributed by atoms with E-state index in [-0.39, 0.29) is 29.8 Å². The number of ether oxygens (including phenoxy) is 2. The van der Waals surface area contributed by atoms with Crippen LogP contribution in [0.15, 0.2) is 53.5 Å². The molecule has 3 unspecified atom stereocenters. The molecular formula is C23H28N6O3S. The molecule has 1 saturated heterocycles. The summed E-state index contributed by atoms with van der Waals surface area (Å²) in [5, 5.41) is 12.4. The molecule has 2 aromatic rings. The topological polar surface area (TPSA) is 111 Å². The van der Waals surface area contributed by atoms with Gasteiger partial charge in [-0.05, 0) is 50.2 Å². The molecule has 1 amide bonds. The zero-order valence-corrected chi connectivity index (χ0v) is 19.6. The van der Waals surface area contributed by atoms with Crippen LogP contribution in [-0.2, 0) is 4.79 Å². The maximum atomic E-state index is 12.7. The molecule has 174 valence electrons. The van der Waals surface area contributed by atoms with Gasteiger partial charge in [-0.3, -0.25) is 20.5 Å². The van der Waals surface area contributed by atoms with E-state index in [1.807, 2.05) is 55.1 Å². The van der Waals surface area contributed by atoms with Crippen molar-refractivity contribution in [3.05, 3.63) is 48.5 Å². The van der Waals surface area contributed by atoms with E-state index in [4.69, 9.17) is 19.9 Å². The third kappa shape index (κ3) is 4.97. The van der Waals surface area contributed by atoms with Gasteiger partial charge < -0.3 is 14.8 Å². The third-order valence-corrected chi connectivity index (χ3v) is 6.41. The number of carbonyl (C=O) groups excluding carboxylic acids is 1. The van der Waals surface area contributed by atoms with Crippen molar-refractivity contribution < 1.29 is 14.3 Å². The number of rotatable bonds is 7. The van der Waals surface area contributed by atoms with Crippen LogP contribution in [0.3, 0.4) is 0 Å². The van der Waals surface area contributed by atoms with Gasteiger partial charge in [0.05, 0.1) is 31.1 Å². The van der Waals surface area contributed by atoms with E-state index in [0.29, 0.717) is 29.0 Å². The van der Waals surface area contributed by atoms with E-state index >= 15 is 0 Å². The van der Waals surface area contributed by atoms with E-state index in [1.54, 1.807) is 19.2 Å². The summed E-state index contributed by atoms with van der Waals surface area (Å²) in [7, 11) is 1.57. The summed E-state index contributed by atoms with van der Waals surface area (Å²) < 4.78 is 10.9. The molecule has 3 atom stereocenters. The Morgan fingerprint density at radius 2 is 1.97 bits per heavy atom. The van der Waals surface area contributed by atoms with Crippen molar-refractivity contribution in [2.24, 2.45) is 10.9 Å². The predicted molar refractivity (Wildman–Crippen MR) is 132 cm³/mol. The van der Waals surface area contributed by atoms with Crippen molar-refractivity contribution in [3.8, 4) is 11.5 Å². The summed E-state index contributed by atoms with van der Waals surface area (Å²) >= 11 is 1.29. The summed E-state index contributed by atoms with van der Waals surface area (Å²) in [4.78, 5) is 19.3. The lowest BCUT2D eigenvalue weighted by atomic mass is 9.97. The van der Waals surface area contributed by atoms with E-state index in [0.717, 1.165) is 11.4 Å². The zero-order chi connectivity index (χ0) is 23.4. The fraction of sp³-hybridized carbons (Fsp3) is 0.348. The van der Waals surface area contributed by atoms with Crippen molar-refractivity contribution in [1.82, 2.24) is 10.9 Å². The third-order valence-electron chi connectivity index (χ3n) is 5.45. The van der Waals surface area contributed by atoms with E-state index in [2.05, 4.69) is 16.2 Å². The zero-order valence-electron chi connectivity index (χ0n) is 18.8. The first-order valence-corrected chi connectivity index (χ1v) is 11.8. The van der Waals surface area contributed by atoms with Crippen LogP contribution in [0.2, 0.25) is 0 Å². The molecule has 4 rings (SSSR count). The average molecular weight is 469 g/mol. The molecule has 2 aromatic carbocycles. The van der Waals surface area contributed by atoms with Gasteiger partial charge in [-0.15, -0.1) is 0 Å². The molecule has 0 aromatic heterocycles. The Balaban J connectivity index is 1.53. The number of para-hydroxylation sites is 2. The van der Waals surface area contributed by atoms with Gasteiger partial charge in [0.15, 0.2) is 5.17 Å². The molecule has 33 heavy (non-hydrogen) atoms. The Morgan fingerprint density at radius 3 is 2.70 bits per heavy atom. The number of thioether (sulfide) groups is 1. The second kappa shape index (κ2) is 10.2. The first kappa shape index (κ1) is 23.1. The second-order valence-corrected chi connectivity index (χ2v) is 8.59. The van der Waals surface area contributed by atoms with Gasteiger partial charge in [0, 0.05) is 11.7 Å². The number of hydrogen-bond acceptors (Lipinski definition) is 8. The molecule has 0 saturated carbocycles. The molecule has 2 heterocycles. The summed E-state index contributed by atoms with van der Waals surface area (Å²) in [6, 6.07) is 14.9. The number of nitrogens with one attached hydrogen (secondary N) is 4. The molecule has 9 nitrogen and oxygen atoms in total. The van der Waals surface area contributed by atoms with Crippen LogP contribution in [0, 0.1) is 11.3 Å². The molecule has 0 spiro atoms. The van der Waals surface area contributed by atoms with Crippen LogP contribution in [0.4, 0.5) is 11.4 Å². The maximum Gasteiger partial charge on any atom is 0.234 e. The minimum Gasteiger partial charge on any atom is -0.495 e. The minimum absolute atomic E-state index is 0.0526. The number of benzene rings is 2. The van der Waals surface area contributed by atoms with Gasteiger partial charge in [-0.2, -0.15) is 0 Å². The number of carbonyl (C=O) groups is 1. The highest BCUT2D eigenvalue weighted by Gasteiger charge is 2.43. The highest BCUT2D eigenvalue weighted by molar-refractivity contribution is 8.14. The number of fused-ring (bicyclic) bond motifs is 1. The van der Waals surface area contributed by atoms with Crippen molar-refractivity contribution in [2.75, 3.05) is 29.7 Å². The quantitative estimate of drug-likeness (QED) is 0.494. The predicted octanol–water partition coefficient (Wildman–Crippen LogP) is 3.06. The summed E-state index contributed by atoms with van der Waals surface area (Å²) in [6.07, 6.45) is -0.258. The average Bonchev–Trinajstić information content (AvgIpc) is 3.20. The molecule has 2 aliphatic heterocycles. The van der Waals surface area contributed by atoms with Crippen LogP contribution in [0.5, 0.6) is 11.5 Å². The van der Waals surface area contributed by atoms with Crippen molar-refractivity contribution in [1.29, 1.82) is 5.41 Å². The monoisotopic (exact) mass is 468 g/mol. The lowest BCUT2D eigenvalue weighted by molar-refractivity contribution is -0.113. The molecule has 0 radical (unpaired) electrons. The maximum absolute atomic E-state index is 12.7. The van der Waals surface area contributed by atoms with Crippen molar-refractivity contribution in [3.63, 3.8) is 0 Å². The molecule has 0 aliphatic carbocycles. The Kier molecular flexibility index (Phi) is 7.17. The fourth-order valence-corrected chi connectivity index (χ4v) is 4.72. The number of methoxy groups -OCH3 is 1. The van der Waals surface area contributed by atoms with Crippen LogP contribution in [0.25, 0.3) is 0 Å². The number of nitrogens with zero attached hydrogens (tertiary/aromatic N) is 2. The van der Waals surface area contributed by atoms with Gasteiger partial charge in [0.1, 0.15) is 23.5 Å². The highest BCUT2D eigenvalue weighted by Crippen LogP contribution is 2.32. The minimum atomic E-state index is -0.258. The lowest BCUT2D eigenvalue weighted by Crippen LogP contribution is -2.50. The van der Waals surface area contributed by atoms with Gasteiger partial charge in [0.2, 0.25) is 5.91 Å². The Bertz CT molecular complexity index is 1040. The standard InChI is InChI=1S/C23H28N6O3S/c1-4-32-16-11-9-15(10-12-16)29-21(24)20-14(2)27-28-22(20)26-23(29)33-13-19(30)25-17-7-5-6-8-18(17)31-3/h5-12,14,20,22,24,27-28H,4,13H2,1-3H3,(H,25,30). The summed E-state index contributed by atoms with van der Waals surface area (Å²) in [6.45, 7) is 4.55. The molecule has 4 N–H and O–H groups in total. The summed E-state index contributed by atoms with van der Waals surface area (Å²) in [5.74, 6) is 1.63. The van der Waals surface area contributed by atoms with Gasteiger partial charge >= 0.3 is 0 Å². The first-order chi connectivity index (χ1) is 16.0. The smallest absolute Gasteiger partial charge is 0.234 e. The SMILES string of the molecule is CCOc1ccc(N2C(=N)C3C(C)NNC3N=C2SCC(=O)Nc2ccccc2OC)cc1. The number of amides is 1. The van der Waals surface area contributed by atoms with Crippen LogP contribution < -0.4 is 30.5 Å². The normalized spacial score (nSPS) is 21.9. The van der Waals surface area contributed by atoms with E-state index in [1.165, 1.54) is 11.8 Å². The number of amidine groups is 2. The number of hydrogen-bond donors (Lipinski definition) is 4. The van der Waals surface area contributed by atoms with Crippen LogP contribution in [-0.4, -0.2) is 48.6 Å². The van der Waals surface area contributed by atoms with Crippen LogP contribution >= 0.6 is 11.8 Å². The Labute approximate surface area is 197 Å². The molecule has 2 aliphatic rings. The summed E-state index contributed by atoms with van der Waals surface area (Å²) in [5.41, 5.74) is 7.74. The lowest BCUT2D eigenvalue weighted by Gasteiger charge is -2.36. The molecule has 10 heteroatoms. The Hall–Kier alpha value is -3.08. The van der Waals surface area contributed by atoms with Gasteiger partial charge in [-0.25, -0.2) is 10.4 Å². The Morgan fingerprint density at radius 1 is 1.21 bits per heavy atom. The number of hydrazine groups is 1. The number of aliphatic imine (C=N–C) groups is 1.